The average Bonchev–Trinajstić information content (AvgIpc) is 2.86. The number of amides is 1. The summed E-state index contributed by atoms with van der Waals surface area (Å²) in [5.41, 5.74) is 2.02. The molecule has 2 aromatic carbocycles. The molecule has 1 fully saturated rings. The number of ether oxygens (including phenoxy) is 3. The number of methoxy groups -OCH3 is 1. The molecule has 33 heavy (non-hydrogen) atoms. The number of carbonyl (C=O) groups is 2. The molecular formula is C26H28N2O5. The third kappa shape index (κ3) is 7.39. The van der Waals surface area contributed by atoms with E-state index in [1.54, 1.807) is 29.2 Å². The zero-order valence-corrected chi connectivity index (χ0v) is 18.7. The third-order valence-electron chi connectivity index (χ3n) is 5.56. The number of esters is 1. The molecule has 1 saturated heterocycles. The van der Waals surface area contributed by atoms with Gasteiger partial charge in [-0.2, -0.15) is 5.26 Å². The van der Waals surface area contributed by atoms with Crippen LogP contribution in [0.4, 0.5) is 0 Å². The van der Waals surface area contributed by atoms with Crippen molar-refractivity contribution < 1.29 is 23.8 Å². The van der Waals surface area contributed by atoms with E-state index >= 15 is 0 Å². The topological polar surface area (TPSA) is 88.9 Å². The summed E-state index contributed by atoms with van der Waals surface area (Å²) in [5, 5.41) is 8.62. The first-order valence-corrected chi connectivity index (χ1v) is 10.9. The lowest BCUT2D eigenvalue weighted by molar-refractivity contribution is -0.148. The monoisotopic (exact) mass is 448 g/mol. The number of nitrogens with zero attached hydrogens (tertiary/aromatic N) is 2. The van der Waals surface area contributed by atoms with Crippen molar-refractivity contribution in [3.05, 3.63) is 65.7 Å². The van der Waals surface area contributed by atoms with Gasteiger partial charge in [-0.15, -0.1) is 0 Å². The van der Waals surface area contributed by atoms with Crippen LogP contribution in [0.2, 0.25) is 0 Å². The highest BCUT2D eigenvalue weighted by Crippen LogP contribution is 2.28. The van der Waals surface area contributed by atoms with Gasteiger partial charge >= 0.3 is 5.97 Å². The molecule has 3 rings (SSSR count). The third-order valence-corrected chi connectivity index (χ3v) is 5.56. The molecular weight excluding hydrogens is 420 g/mol. The molecule has 172 valence electrons. The van der Waals surface area contributed by atoms with E-state index in [4.69, 9.17) is 19.5 Å². The molecule has 1 aliphatic heterocycles. The van der Waals surface area contributed by atoms with E-state index in [9.17, 15) is 9.59 Å². The Kier molecular flexibility index (Phi) is 8.89. The summed E-state index contributed by atoms with van der Waals surface area (Å²) in [7, 11) is 1.49. The normalized spacial score (nSPS) is 14.0. The minimum atomic E-state index is -0.592. The zero-order valence-electron chi connectivity index (χ0n) is 18.7. The van der Waals surface area contributed by atoms with Gasteiger partial charge in [-0.05, 0) is 54.5 Å². The lowest BCUT2D eigenvalue weighted by Crippen LogP contribution is -2.41. The van der Waals surface area contributed by atoms with Crippen LogP contribution in [0.1, 0.15) is 24.0 Å². The minimum absolute atomic E-state index is 0.0867. The molecule has 0 N–H and O–H groups in total. The van der Waals surface area contributed by atoms with Crippen LogP contribution in [0.15, 0.2) is 54.6 Å². The van der Waals surface area contributed by atoms with E-state index in [0.717, 1.165) is 19.3 Å². The highest BCUT2D eigenvalue weighted by molar-refractivity contribution is 5.89. The van der Waals surface area contributed by atoms with Crippen LogP contribution < -0.4 is 9.47 Å². The first kappa shape index (κ1) is 23.9. The van der Waals surface area contributed by atoms with Gasteiger partial charge in [0.25, 0.3) is 5.91 Å². The number of hydrogen-bond acceptors (Lipinski definition) is 6. The zero-order chi connectivity index (χ0) is 23.5. The molecule has 0 atom stereocenters. The first-order valence-electron chi connectivity index (χ1n) is 10.9. The predicted molar refractivity (Wildman–Crippen MR) is 124 cm³/mol. The molecule has 7 nitrogen and oxygen atoms in total. The molecule has 0 spiro atoms. The van der Waals surface area contributed by atoms with Crippen LogP contribution in [-0.2, 0) is 20.7 Å². The summed E-state index contributed by atoms with van der Waals surface area (Å²) in [6, 6.07) is 17.4. The van der Waals surface area contributed by atoms with E-state index in [1.165, 1.54) is 18.7 Å². The summed E-state index contributed by atoms with van der Waals surface area (Å²) in [6.07, 6.45) is 5.76. The number of nitriles is 1. The molecule has 7 heteroatoms. The Bertz CT molecular complexity index is 1010. The highest BCUT2D eigenvalue weighted by Gasteiger charge is 2.23. The van der Waals surface area contributed by atoms with Crippen molar-refractivity contribution in [2.45, 2.75) is 19.3 Å². The second kappa shape index (κ2) is 12.3. The number of benzene rings is 2. The maximum atomic E-state index is 12.4. The Balaban J connectivity index is 1.42. The number of likely N-dealkylation sites (tertiary alicyclic amines) is 1. The van der Waals surface area contributed by atoms with E-state index < -0.39 is 5.97 Å². The smallest absolute Gasteiger partial charge is 0.331 e. The van der Waals surface area contributed by atoms with Gasteiger partial charge < -0.3 is 19.1 Å². The molecule has 0 bridgehead atoms. The molecule has 0 aliphatic carbocycles. The Labute approximate surface area is 194 Å². The van der Waals surface area contributed by atoms with Crippen LogP contribution in [0.5, 0.6) is 11.5 Å². The number of carbonyl (C=O) groups excluding carboxylic acids is 2. The van der Waals surface area contributed by atoms with Crippen molar-refractivity contribution in [1.29, 1.82) is 5.26 Å². The van der Waals surface area contributed by atoms with Crippen molar-refractivity contribution >= 4 is 18.0 Å². The Morgan fingerprint density at radius 1 is 1.12 bits per heavy atom. The van der Waals surface area contributed by atoms with Crippen molar-refractivity contribution in [3.63, 3.8) is 0 Å². The maximum Gasteiger partial charge on any atom is 0.331 e. The SMILES string of the molecule is COc1cc(C=CC(=O)OCC(=O)N2CCC(Cc3ccccc3)CC2)ccc1OCC#N. The van der Waals surface area contributed by atoms with Crippen molar-refractivity contribution in [3.8, 4) is 17.6 Å². The van der Waals surface area contributed by atoms with Crippen LogP contribution in [0.3, 0.4) is 0 Å². The van der Waals surface area contributed by atoms with E-state index in [1.807, 2.05) is 24.3 Å². The van der Waals surface area contributed by atoms with E-state index in [2.05, 4.69) is 12.1 Å². The molecule has 2 aromatic rings. The number of piperidine rings is 1. The second-order valence-electron chi connectivity index (χ2n) is 7.81. The number of hydrogen-bond donors (Lipinski definition) is 0. The van der Waals surface area contributed by atoms with Crippen molar-refractivity contribution in [1.82, 2.24) is 4.90 Å². The van der Waals surface area contributed by atoms with Gasteiger partial charge in [0.2, 0.25) is 0 Å². The number of rotatable bonds is 9. The van der Waals surface area contributed by atoms with Crippen molar-refractivity contribution in [2.75, 3.05) is 33.4 Å². The standard InChI is InChI=1S/C26H28N2O5/c1-31-24-18-21(7-9-23(24)32-16-13-27)8-10-26(30)33-19-25(29)28-14-11-22(12-15-28)17-20-5-3-2-4-6-20/h2-10,18,22H,11-12,14-17,19H2,1H3. The van der Waals surface area contributed by atoms with Gasteiger partial charge in [0.15, 0.2) is 24.7 Å². The lowest BCUT2D eigenvalue weighted by Gasteiger charge is -2.32. The van der Waals surface area contributed by atoms with E-state index in [-0.39, 0.29) is 19.1 Å². The van der Waals surface area contributed by atoms with Gasteiger partial charge in [-0.3, -0.25) is 4.79 Å². The Morgan fingerprint density at radius 3 is 2.58 bits per heavy atom. The quantitative estimate of drug-likeness (QED) is 0.430. The van der Waals surface area contributed by atoms with E-state index in [0.29, 0.717) is 36.1 Å². The lowest BCUT2D eigenvalue weighted by atomic mass is 9.90. The fraction of sp³-hybridized carbons (Fsp3) is 0.346. The first-order chi connectivity index (χ1) is 16.1. The second-order valence-corrected chi connectivity index (χ2v) is 7.81. The fourth-order valence-electron chi connectivity index (χ4n) is 3.79. The van der Waals surface area contributed by atoms with Gasteiger partial charge in [0.05, 0.1) is 7.11 Å². The molecule has 1 amide bonds. The fourth-order valence-corrected chi connectivity index (χ4v) is 3.79. The van der Waals surface area contributed by atoms with Crippen LogP contribution >= 0.6 is 0 Å². The summed E-state index contributed by atoms with van der Waals surface area (Å²) >= 11 is 0. The maximum absolute atomic E-state index is 12.4. The van der Waals surface area contributed by atoms with Gasteiger partial charge in [0.1, 0.15) is 6.07 Å². The molecule has 0 saturated carbocycles. The van der Waals surface area contributed by atoms with Crippen LogP contribution in [0.25, 0.3) is 6.08 Å². The van der Waals surface area contributed by atoms with Crippen LogP contribution in [0, 0.1) is 17.2 Å². The predicted octanol–water partition coefficient (Wildman–Crippen LogP) is 3.64. The highest BCUT2D eigenvalue weighted by atomic mass is 16.5. The molecule has 1 heterocycles. The average molecular weight is 449 g/mol. The molecule has 0 unspecified atom stereocenters. The summed E-state index contributed by atoms with van der Waals surface area (Å²) in [6.45, 7) is 1.01. The Morgan fingerprint density at radius 2 is 1.88 bits per heavy atom. The Hall–Kier alpha value is -3.79. The molecule has 0 radical (unpaired) electrons. The minimum Gasteiger partial charge on any atom is -0.493 e. The van der Waals surface area contributed by atoms with Crippen LogP contribution in [-0.4, -0.2) is 50.2 Å². The summed E-state index contributed by atoms with van der Waals surface area (Å²) in [4.78, 5) is 26.2. The van der Waals surface area contributed by atoms with Crippen molar-refractivity contribution in [2.24, 2.45) is 5.92 Å². The largest absolute Gasteiger partial charge is 0.493 e. The summed E-state index contributed by atoms with van der Waals surface area (Å²) in [5.74, 6) is 0.695. The van der Waals surface area contributed by atoms with Gasteiger partial charge in [-0.25, -0.2) is 4.79 Å². The summed E-state index contributed by atoms with van der Waals surface area (Å²) < 4.78 is 15.6. The van der Waals surface area contributed by atoms with Gasteiger partial charge in [0, 0.05) is 19.2 Å². The van der Waals surface area contributed by atoms with Gasteiger partial charge in [-0.1, -0.05) is 36.4 Å². The molecule has 1 aliphatic rings. The molecule has 0 aromatic heterocycles.